The molecule has 1 N–H and O–H groups in total. The normalized spacial score (nSPS) is 19.7. The molecule has 3 aromatic carbocycles. The molecule has 0 bridgehead atoms. The molecule has 1 atom stereocenters. The maximum Gasteiger partial charge on any atom is 0.265 e. The molecule has 8 nitrogen and oxygen atoms in total. The van der Waals surface area contributed by atoms with Gasteiger partial charge >= 0.3 is 0 Å². The predicted octanol–water partition coefficient (Wildman–Crippen LogP) is 4.86. The van der Waals surface area contributed by atoms with Gasteiger partial charge in [-0.1, -0.05) is 48.5 Å². The lowest BCUT2D eigenvalue weighted by atomic mass is 9.94. The van der Waals surface area contributed by atoms with Crippen molar-refractivity contribution in [2.75, 3.05) is 19.7 Å². The first-order valence-electron chi connectivity index (χ1n) is 13.4. The Hall–Kier alpha value is -3.24. The third-order valence-corrected chi connectivity index (χ3v) is 9.89. The van der Waals surface area contributed by atoms with Gasteiger partial charge in [0.2, 0.25) is 0 Å². The van der Waals surface area contributed by atoms with Gasteiger partial charge in [0.15, 0.2) is 20.9 Å². The molecule has 1 amide bonds. The Bertz CT molecular complexity index is 1320. The fourth-order valence-electron chi connectivity index (χ4n) is 5.09. The molecule has 0 aromatic heterocycles. The van der Waals surface area contributed by atoms with Crippen LogP contribution in [0.2, 0.25) is 0 Å². The average Bonchev–Trinajstić information content (AvgIpc) is 2.98. The Morgan fingerprint density at radius 1 is 0.897 bits per heavy atom. The van der Waals surface area contributed by atoms with E-state index in [1.807, 2.05) is 60.7 Å². The molecule has 0 aliphatic carbocycles. The number of ether oxygens (including phenoxy) is 2. The van der Waals surface area contributed by atoms with Crippen LogP contribution in [-0.4, -0.2) is 50.0 Å². The highest BCUT2D eigenvalue weighted by molar-refractivity contribution is 7.93. The van der Waals surface area contributed by atoms with Crippen LogP contribution in [0.15, 0.2) is 89.8 Å². The molecule has 0 radical (unpaired) electrons. The number of nitrogens with one attached hydrogen (secondary N) is 1. The quantitative estimate of drug-likeness (QED) is 0.380. The molecule has 206 valence electrons. The number of sulfone groups is 1. The summed E-state index contributed by atoms with van der Waals surface area (Å²) in [5.74, 6) is 0.506. The van der Waals surface area contributed by atoms with E-state index in [1.54, 1.807) is 12.1 Å². The second-order valence-electron chi connectivity index (χ2n) is 9.99. The van der Waals surface area contributed by atoms with Gasteiger partial charge in [-0.05, 0) is 67.6 Å². The molecule has 0 spiro atoms. The summed E-state index contributed by atoms with van der Waals surface area (Å²) in [7, 11) is -4.08. The van der Waals surface area contributed by atoms with Crippen molar-refractivity contribution in [2.45, 2.75) is 54.6 Å². The highest BCUT2D eigenvalue weighted by Crippen LogP contribution is 2.37. The molecule has 39 heavy (non-hydrogen) atoms. The van der Waals surface area contributed by atoms with Gasteiger partial charge in [0.1, 0.15) is 11.5 Å². The molecule has 2 aliphatic heterocycles. The number of rotatable bonds is 9. The van der Waals surface area contributed by atoms with Crippen LogP contribution in [-0.2, 0) is 30.8 Å². The fraction of sp³-hybridized carbons (Fsp3) is 0.367. The molecular formula is C30H34N2O6S. The van der Waals surface area contributed by atoms with Gasteiger partial charge in [0.05, 0.1) is 4.90 Å². The number of hydrogen-bond acceptors (Lipinski definition) is 7. The number of benzene rings is 3. The van der Waals surface area contributed by atoms with Crippen LogP contribution < -0.4 is 10.2 Å². The van der Waals surface area contributed by atoms with Crippen LogP contribution in [0, 0.1) is 0 Å². The molecule has 0 saturated carbocycles. The zero-order valence-corrected chi connectivity index (χ0v) is 22.6. The largest absolute Gasteiger partial charge is 0.457 e. The zero-order chi connectivity index (χ0) is 27.1. The minimum absolute atomic E-state index is 0.0727. The number of carbonyl (C=O) groups is 1. The number of piperidine rings is 1. The number of likely N-dealkylation sites (tertiary alicyclic amines) is 1. The van der Waals surface area contributed by atoms with Crippen LogP contribution in [0.3, 0.4) is 0 Å². The summed E-state index contributed by atoms with van der Waals surface area (Å²) in [5.41, 5.74) is 3.60. The molecule has 1 unspecified atom stereocenters. The van der Waals surface area contributed by atoms with E-state index in [1.165, 1.54) is 12.1 Å². The van der Waals surface area contributed by atoms with Crippen molar-refractivity contribution in [3.05, 3.63) is 90.5 Å². The molecule has 2 heterocycles. The predicted molar refractivity (Wildman–Crippen MR) is 147 cm³/mol. The fourth-order valence-corrected chi connectivity index (χ4v) is 7.04. The van der Waals surface area contributed by atoms with Crippen molar-refractivity contribution in [1.29, 1.82) is 0 Å². The Morgan fingerprint density at radius 3 is 2.18 bits per heavy atom. The number of amides is 1. The van der Waals surface area contributed by atoms with E-state index in [2.05, 4.69) is 10.4 Å². The Labute approximate surface area is 229 Å². The second kappa shape index (κ2) is 12.3. The van der Waals surface area contributed by atoms with E-state index in [0.29, 0.717) is 44.2 Å². The van der Waals surface area contributed by atoms with Gasteiger partial charge in [0.25, 0.3) is 5.91 Å². The summed E-state index contributed by atoms with van der Waals surface area (Å²) >= 11 is 0. The van der Waals surface area contributed by atoms with Crippen LogP contribution in [0.1, 0.15) is 37.7 Å². The number of hydroxylamine groups is 1. The van der Waals surface area contributed by atoms with Gasteiger partial charge in [-0.15, -0.1) is 0 Å². The van der Waals surface area contributed by atoms with Crippen molar-refractivity contribution in [2.24, 2.45) is 0 Å². The van der Waals surface area contributed by atoms with E-state index in [-0.39, 0.29) is 17.7 Å². The van der Waals surface area contributed by atoms with Crippen LogP contribution >= 0.6 is 0 Å². The number of hydrogen-bond donors (Lipinski definition) is 1. The summed E-state index contributed by atoms with van der Waals surface area (Å²) in [4.78, 5) is 21.4. The maximum absolute atomic E-state index is 14.1. The van der Waals surface area contributed by atoms with Gasteiger partial charge in [0, 0.05) is 32.7 Å². The van der Waals surface area contributed by atoms with E-state index in [4.69, 9.17) is 14.3 Å². The molecule has 2 saturated heterocycles. The minimum Gasteiger partial charge on any atom is -0.457 e. The third kappa shape index (κ3) is 6.33. The SMILES string of the molecule is O=C(NOC1CCCCO1)C1(S(=O)(=O)c2ccc(Oc3ccccc3)cc2)CCN(Cc2ccccc2)CC1. The summed E-state index contributed by atoms with van der Waals surface area (Å²) in [6.45, 7) is 2.15. The van der Waals surface area contributed by atoms with Gasteiger partial charge in [-0.25, -0.2) is 18.7 Å². The lowest BCUT2D eigenvalue weighted by Gasteiger charge is -2.40. The van der Waals surface area contributed by atoms with Crippen molar-refractivity contribution in [3.8, 4) is 11.5 Å². The highest BCUT2D eigenvalue weighted by atomic mass is 32.2. The third-order valence-electron chi connectivity index (χ3n) is 7.37. The van der Waals surface area contributed by atoms with Gasteiger partial charge in [-0.3, -0.25) is 9.69 Å². The first kappa shape index (κ1) is 27.3. The van der Waals surface area contributed by atoms with Crippen molar-refractivity contribution in [1.82, 2.24) is 10.4 Å². The number of para-hydroxylation sites is 1. The van der Waals surface area contributed by atoms with Gasteiger partial charge in [-0.2, -0.15) is 0 Å². The molecule has 2 fully saturated rings. The standard InChI is InChI=1S/C30H34N2O6S/c33-29(31-38-28-13-7-8-22-36-28)30(18-20-32(21-19-30)23-24-9-3-1-4-10-24)39(34,35)27-16-14-26(15-17-27)37-25-11-5-2-6-12-25/h1-6,9-12,14-17,28H,7-8,13,18-23H2,(H,31,33). The number of nitrogens with zero attached hydrogens (tertiary/aromatic N) is 1. The summed E-state index contributed by atoms with van der Waals surface area (Å²) < 4.78 is 38.0. The topological polar surface area (TPSA) is 94.2 Å². The smallest absolute Gasteiger partial charge is 0.265 e. The molecule has 2 aliphatic rings. The lowest BCUT2D eigenvalue weighted by molar-refractivity contribution is -0.202. The van der Waals surface area contributed by atoms with Crippen LogP contribution in [0.4, 0.5) is 0 Å². The monoisotopic (exact) mass is 550 g/mol. The summed E-state index contributed by atoms with van der Waals surface area (Å²) in [6, 6.07) is 25.5. The molecule has 9 heteroatoms. The second-order valence-corrected chi connectivity index (χ2v) is 12.3. The van der Waals surface area contributed by atoms with Crippen molar-refractivity contribution in [3.63, 3.8) is 0 Å². The first-order chi connectivity index (χ1) is 19.0. The van der Waals surface area contributed by atoms with E-state index in [0.717, 1.165) is 18.4 Å². The Balaban J connectivity index is 1.35. The number of carbonyl (C=O) groups excluding carboxylic acids is 1. The Kier molecular flexibility index (Phi) is 8.62. The van der Waals surface area contributed by atoms with E-state index < -0.39 is 26.8 Å². The Morgan fingerprint density at radius 2 is 1.54 bits per heavy atom. The average molecular weight is 551 g/mol. The highest BCUT2D eigenvalue weighted by Gasteiger charge is 2.53. The molecular weight excluding hydrogens is 516 g/mol. The van der Waals surface area contributed by atoms with Crippen LogP contribution in [0.25, 0.3) is 0 Å². The molecule has 5 rings (SSSR count). The van der Waals surface area contributed by atoms with Gasteiger partial charge < -0.3 is 9.47 Å². The maximum atomic E-state index is 14.1. The lowest BCUT2D eigenvalue weighted by Crippen LogP contribution is -2.58. The molecule has 3 aromatic rings. The van der Waals surface area contributed by atoms with Crippen molar-refractivity contribution < 1.29 is 27.5 Å². The van der Waals surface area contributed by atoms with E-state index >= 15 is 0 Å². The first-order valence-corrected chi connectivity index (χ1v) is 14.9. The van der Waals surface area contributed by atoms with Crippen LogP contribution in [0.5, 0.6) is 11.5 Å². The van der Waals surface area contributed by atoms with E-state index in [9.17, 15) is 13.2 Å². The zero-order valence-electron chi connectivity index (χ0n) is 21.8. The minimum atomic E-state index is -4.08. The van der Waals surface area contributed by atoms with Crippen molar-refractivity contribution >= 4 is 15.7 Å². The summed E-state index contributed by atoms with van der Waals surface area (Å²) in [5, 5.41) is 0. The summed E-state index contributed by atoms with van der Waals surface area (Å²) in [6.07, 6.45) is 2.22.